The lowest BCUT2D eigenvalue weighted by Gasteiger charge is -2.07. The van der Waals surface area contributed by atoms with Crippen LogP contribution in [0.25, 0.3) is 0 Å². The summed E-state index contributed by atoms with van der Waals surface area (Å²) in [5, 5.41) is 2.85. The molecule has 2 heterocycles. The minimum absolute atomic E-state index is 0.174. The molecule has 2 aromatic heterocycles. The van der Waals surface area contributed by atoms with Gasteiger partial charge in [-0.3, -0.25) is 4.79 Å². The number of nitrogen functional groups attached to an aromatic ring is 1. The van der Waals surface area contributed by atoms with Crippen LogP contribution in [0.15, 0.2) is 12.3 Å². The van der Waals surface area contributed by atoms with Crippen molar-refractivity contribution in [3.8, 4) is 0 Å². The molecule has 1 amide bonds. The number of amides is 1. The number of rotatable bonds is 6. The smallest absolute Gasteiger partial charge is 0.267 e. The van der Waals surface area contributed by atoms with Crippen LogP contribution in [-0.4, -0.2) is 42.7 Å². The Bertz CT molecular complexity index is 635. The molecule has 2 aromatic rings. The molecule has 0 aliphatic carbocycles. The zero-order chi connectivity index (χ0) is 15.4. The zero-order valence-electron chi connectivity index (χ0n) is 12.0. The number of unbranched alkanes of at least 4 members (excludes halogenated alkanes) is 1. The second kappa shape index (κ2) is 6.56. The minimum Gasteiger partial charge on any atom is -0.369 e. The predicted molar refractivity (Wildman–Crippen MR) is 84.5 cm³/mol. The van der Waals surface area contributed by atoms with Gasteiger partial charge in [0.25, 0.3) is 5.91 Å². The normalized spacial score (nSPS) is 10.7. The molecule has 0 unspecified atom stereocenters. The first kappa shape index (κ1) is 15.3. The summed E-state index contributed by atoms with van der Waals surface area (Å²) >= 11 is 0. The van der Waals surface area contributed by atoms with Crippen LogP contribution < -0.4 is 22.1 Å². The number of carbonyl (C=O) groups excluding carboxylic acids is 1. The van der Waals surface area contributed by atoms with Crippen molar-refractivity contribution in [1.82, 2.24) is 19.9 Å². The molecule has 2 rings (SSSR count). The second-order valence-electron chi connectivity index (χ2n) is 4.94. The molecule has 0 atom stereocenters. The number of nitrogens with one attached hydrogen (secondary N) is 2. The average Bonchev–Trinajstić information content (AvgIpc) is 2.97. The van der Waals surface area contributed by atoms with Crippen LogP contribution in [0.2, 0.25) is 0 Å². The summed E-state index contributed by atoms with van der Waals surface area (Å²) in [5.74, 6) is 0.254. The number of nitrogens with zero attached hydrogens (tertiary/aromatic N) is 2. The molecular weight excluding hydrogens is 264 g/mol. The van der Waals surface area contributed by atoms with Gasteiger partial charge in [0, 0.05) is 19.3 Å². The summed E-state index contributed by atoms with van der Waals surface area (Å²) in [4.78, 5) is 18.9. The summed E-state index contributed by atoms with van der Waals surface area (Å²) in [6.45, 7) is 0.591. The number of anilines is 1. The molecule has 0 aliphatic rings. The highest BCUT2D eigenvalue weighted by Gasteiger charge is 2.12. The highest BCUT2D eigenvalue weighted by molar-refractivity contribution is 6.48. The van der Waals surface area contributed by atoms with Gasteiger partial charge in [-0.05, 0) is 30.9 Å². The highest BCUT2D eigenvalue weighted by Crippen LogP contribution is 2.03. The molecule has 8 heteroatoms. The van der Waals surface area contributed by atoms with E-state index in [1.165, 1.54) is 0 Å². The Morgan fingerprint density at radius 1 is 1.48 bits per heavy atom. The zero-order valence-corrected chi connectivity index (χ0v) is 12.0. The van der Waals surface area contributed by atoms with Crippen LogP contribution in [0.4, 0.5) is 5.95 Å². The van der Waals surface area contributed by atoms with E-state index in [9.17, 15) is 4.79 Å². The monoisotopic (exact) mass is 281 g/mol. The summed E-state index contributed by atoms with van der Waals surface area (Å²) in [5.41, 5.74) is 7.78. The topological polar surface area (TPSA) is 88.7 Å². The molecule has 0 spiro atoms. The first-order valence-corrected chi connectivity index (χ1v) is 6.77. The van der Waals surface area contributed by atoms with Gasteiger partial charge in [0.05, 0.1) is 6.20 Å². The third kappa shape index (κ3) is 3.71. The van der Waals surface area contributed by atoms with Crippen LogP contribution in [0, 0.1) is 0 Å². The standard InChI is InChI=1S/C13H17B2N5O/c1-20-10(6-9(14)11(20)15)12(21)17-5-3-2-4-8-7-18-13(16)19-8/h6-7H,2-5H2,1H3,(H,17,21)(H3,16,18,19). The summed E-state index contributed by atoms with van der Waals surface area (Å²) < 4.78 is 1.58. The first-order chi connectivity index (χ1) is 9.99. The third-order valence-corrected chi connectivity index (χ3v) is 3.35. The minimum atomic E-state index is -0.174. The Balaban J connectivity index is 1.73. The largest absolute Gasteiger partial charge is 0.369 e. The summed E-state index contributed by atoms with van der Waals surface area (Å²) in [7, 11) is 13.1. The quantitative estimate of drug-likeness (QED) is 0.453. The van der Waals surface area contributed by atoms with E-state index in [0.29, 0.717) is 29.2 Å². The Kier molecular flexibility index (Phi) is 4.77. The number of carbonyl (C=O) groups is 1. The van der Waals surface area contributed by atoms with Crippen LogP contribution in [0.3, 0.4) is 0 Å². The van der Waals surface area contributed by atoms with Crippen molar-refractivity contribution in [3.63, 3.8) is 0 Å². The fourth-order valence-electron chi connectivity index (χ4n) is 2.10. The van der Waals surface area contributed by atoms with Gasteiger partial charge in [-0.25, -0.2) is 4.98 Å². The maximum Gasteiger partial charge on any atom is 0.267 e. The molecule has 4 radical (unpaired) electrons. The molecule has 0 fully saturated rings. The van der Waals surface area contributed by atoms with E-state index in [4.69, 9.17) is 21.4 Å². The van der Waals surface area contributed by atoms with Crippen molar-refractivity contribution in [2.45, 2.75) is 19.3 Å². The number of aryl methyl sites for hydroxylation is 1. The molecule has 6 nitrogen and oxygen atoms in total. The van der Waals surface area contributed by atoms with Gasteiger partial charge in [0.15, 0.2) is 5.95 Å². The van der Waals surface area contributed by atoms with Crippen LogP contribution in [0.5, 0.6) is 0 Å². The number of aromatic nitrogens is 3. The fourth-order valence-corrected chi connectivity index (χ4v) is 2.10. The maximum absolute atomic E-state index is 12.0. The first-order valence-electron chi connectivity index (χ1n) is 6.77. The Hall–Kier alpha value is -2.11. The number of hydrogen-bond donors (Lipinski definition) is 3. The van der Waals surface area contributed by atoms with Crippen LogP contribution >= 0.6 is 0 Å². The van der Waals surface area contributed by atoms with Gasteiger partial charge in [-0.15, -0.1) is 0 Å². The van der Waals surface area contributed by atoms with Crippen molar-refractivity contribution in [1.29, 1.82) is 0 Å². The average molecular weight is 281 g/mol. The van der Waals surface area contributed by atoms with Crippen molar-refractivity contribution in [2.24, 2.45) is 7.05 Å². The molecule has 0 bridgehead atoms. The molecular formula is C13H17B2N5O. The number of aromatic amines is 1. The summed E-state index contributed by atoms with van der Waals surface area (Å²) in [6.07, 6.45) is 4.37. The van der Waals surface area contributed by atoms with Crippen molar-refractivity contribution >= 4 is 38.6 Å². The fraction of sp³-hybridized carbons (Fsp3) is 0.385. The molecule has 0 aliphatic heterocycles. The van der Waals surface area contributed by atoms with Gasteiger partial charge in [0.1, 0.15) is 21.4 Å². The molecule has 21 heavy (non-hydrogen) atoms. The molecule has 106 valence electrons. The van der Waals surface area contributed by atoms with Crippen LogP contribution in [-0.2, 0) is 13.5 Å². The van der Waals surface area contributed by atoms with Gasteiger partial charge < -0.3 is 20.6 Å². The number of nitrogens with two attached hydrogens (primary N) is 1. The van der Waals surface area contributed by atoms with Crippen molar-refractivity contribution in [3.05, 3.63) is 23.7 Å². The van der Waals surface area contributed by atoms with E-state index in [2.05, 4.69) is 15.3 Å². The van der Waals surface area contributed by atoms with Crippen molar-refractivity contribution < 1.29 is 4.79 Å². The summed E-state index contributed by atoms with van der Waals surface area (Å²) in [6, 6.07) is 1.58. The van der Waals surface area contributed by atoms with E-state index in [-0.39, 0.29) is 5.91 Å². The lowest BCUT2D eigenvalue weighted by Crippen LogP contribution is -2.30. The predicted octanol–water partition coefficient (Wildman–Crippen LogP) is -1.33. The molecule has 4 N–H and O–H groups in total. The van der Waals surface area contributed by atoms with E-state index in [1.54, 1.807) is 23.9 Å². The SMILES string of the molecule is [B]c1cc(C(=O)NCCCCc2cnc(N)[nH]2)n(C)c1[B]. The lowest BCUT2D eigenvalue weighted by molar-refractivity contribution is 0.0945. The van der Waals surface area contributed by atoms with Gasteiger partial charge in [0.2, 0.25) is 0 Å². The Morgan fingerprint density at radius 2 is 2.24 bits per heavy atom. The lowest BCUT2D eigenvalue weighted by atomic mass is 9.87. The van der Waals surface area contributed by atoms with Gasteiger partial charge in [-0.1, -0.05) is 5.46 Å². The number of hydrogen-bond acceptors (Lipinski definition) is 3. The van der Waals surface area contributed by atoms with E-state index in [0.717, 1.165) is 25.0 Å². The Labute approximate surface area is 126 Å². The van der Waals surface area contributed by atoms with Crippen LogP contribution in [0.1, 0.15) is 29.0 Å². The molecule has 0 saturated heterocycles. The highest BCUT2D eigenvalue weighted by atomic mass is 16.1. The van der Waals surface area contributed by atoms with Gasteiger partial charge in [-0.2, -0.15) is 0 Å². The van der Waals surface area contributed by atoms with E-state index in [1.807, 2.05) is 0 Å². The molecule has 0 saturated carbocycles. The van der Waals surface area contributed by atoms with E-state index >= 15 is 0 Å². The molecule has 0 aromatic carbocycles. The van der Waals surface area contributed by atoms with Crippen molar-refractivity contribution in [2.75, 3.05) is 12.3 Å². The number of H-pyrrole nitrogens is 1. The second-order valence-corrected chi connectivity index (χ2v) is 4.94. The van der Waals surface area contributed by atoms with Gasteiger partial charge >= 0.3 is 0 Å². The van der Waals surface area contributed by atoms with E-state index < -0.39 is 0 Å². The third-order valence-electron chi connectivity index (χ3n) is 3.35. The Morgan fingerprint density at radius 3 is 2.81 bits per heavy atom. The maximum atomic E-state index is 12.0. The number of imidazole rings is 1.